The number of rotatable bonds is 10. The third-order valence-corrected chi connectivity index (χ3v) is 6.38. The molecule has 0 fully saturated rings. The molecule has 0 aliphatic heterocycles. The van der Waals surface area contributed by atoms with Crippen LogP contribution >= 0.6 is 0 Å². The first-order chi connectivity index (χ1) is 19.2. The number of aromatic amines is 1. The molecule has 0 aliphatic carbocycles. The molecule has 0 saturated heterocycles. The molecule has 4 aromatic carbocycles. The van der Waals surface area contributed by atoms with E-state index in [0.29, 0.717) is 11.3 Å². The number of hydrogen-bond donors (Lipinski definition) is 2. The Morgan fingerprint density at radius 2 is 1.31 bits per heavy atom. The maximum Gasteiger partial charge on any atom is 0.408 e. The first-order valence-electron chi connectivity index (χ1n) is 12.8. The molecule has 1 heterocycles. The summed E-state index contributed by atoms with van der Waals surface area (Å²) in [5.74, 6) is 0.708. The molecule has 39 heavy (non-hydrogen) atoms. The van der Waals surface area contributed by atoms with Crippen molar-refractivity contribution >= 4 is 11.9 Å². The number of Topliss-reactive ketones (excluding diaryl/α,β-unsaturated/α-hetero) is 1. The minimum atomic E-state index is -0.884. The summed E-state index contributed by atoms with van der Waals surface area (Å²) in [5, 5.41) is 2.80. The number of amides is 1. The highest BCUT2D eigenvalue weighted by atomic mass is 16.5. The number of carbonyl (C=O) groups excluding carboxylic acids is 2. The SMILES string of the molecule is O=C(N[C@@H](Cc1c[nH]cn1)C(=O)c1ccccc1[C](c1ccccc1)c1ccccc1)OCc1ccccc1. The third-order valence-electron chi connectivity index (χ3n) is 6.38. The van der Waals surface area contributed by atoms with Crippen molar-refractivity contribution in [1.82, 2.24) is 15.3 Å². The lowest BCUT2D eigenvalue weighted by Gasteiger charge is -2.23. The highest BCUT2D eigenvalue weighted by molar-refractivity contribution is 6.03. The molecule has 193 valence electrons. The third kappa shape index (κ3) is 6.48. The van der Waals surface area contributed by atoms with Crippen molar-refractivity contribution in [1.29, 1.82) is 0 Å². The van der Waals surface area contributed by atoms with Gasteiger partial charge >= 0.3 is 6.09 Å². The molecule has 0 spiro atoms. The number of ether oxygens (including phenoxy) is 1. The Balaban J connectivity index is 1.46. The molecule has 1 aromatic heterocycles. The van der Waals surface area contributed by atoms with E-state index in [2.05, 4.69) is 15.3 Å². The lowest BCUT2D eigenvalue weighted by Crippen LogP contribution is -2.43. The number of H-pyrrole nitrogens is 1. The van der Waals surface area contributed by atoms with E-state index in [9.17, 15) is 9.59 Å². The molecule has 1 amide bonds. The molecule has 5 rings (SSSR count). The molecule has 0 unspecified atom stereocenters. The molecule has 1 atom stereocenters. The molecule has 0 saturated carbocycles. The second-order valence-corrected chi connectivity index (χ2v) is 9.04. The first kappa shape index (κ1) is 25.7. The van der Waals surface area contributed by atoms with E-state index < -0.39 is 12.1 Å². The van der Waals surface area contributed by atoms with Crippen LogP contribution in [0.3, 0.4) is 0 Å². The summed E-state index contributed by atoms with van der Waals surface area (Å²) in [6, 6.07) is 36.0. The number of nitrogens with one attached hydrogen (secondary N) is 2. The van der Waals surface area contributed by atoms with Gasteiger partial charge < -0.3 is 15.0 Å². The van der Waals surface area contributed by atoms with E-state index in [0.717, 1.165) is 28.2 Å². The van der Waals surface area contributed by atoms with Crippen LogP contribution in [0.1, 0.15) is 38.3 Å². The van der Waals surface area contributed by atoms with Gasteiger partial charge in [-0.15, -0.1) is 0 Å². The van der Waals surface area contributed by atoms with Gasteiger partial charge in [0.05, 0.1) is 17.9 Å². The maximum absolute atomic E-state index is 14.1. The summed E-state index contributed by atoms with van der Waals surface area (Å²) in [7, 11) is 0. The van der Waals surface area contributed by atoms with E-state index >= 15 is 0 Å². The Morgan fingerprint density at radius 1 is 0.744 bits per heavy atom. The van der Waals surface area contributed by atoms with Crippen LogP contribution < -0.4 is 5.32 Å². The normalized spacial score (nSPS) is 11.6. The zero-order valence-corrected chi connectivity index (χ0v) is 21.3. The number of nitrogens with zero attached hydrogens (tertiary/aromatic N) is 1. The summed E-state index contributed by atoms with van der Waals surface area (Å²) in [6.45, 7) is 0.104. The molecule has 5 aromatic rings. The number of benzene rings is 4. The zero-order chi connectivity index (χ0) is 26.9. The van der Waals surface area contributed by atoms with Gasteiger partial charge in [0.25, 0.3) is 0 Å². The Labute approximate surface area is 227 Å². The summed E-state index contributed by atoms with van der Waals surface area (Å²) in [6.07, 6.45) is 2.81. The number of aromatic nitrogens is 2. The Bertz CT molecular complexity index is 1450. The Morgan fingerprint density at radius 3 is 1.90 bits per heavy atom. The molecule has 2 N–H and O–H groups in total. The van der Waals surface area contributed by atoms with Gasteiger partial charge in [-0.1, -0.05) is 115 Å². The number of ketones is 1. The van der Waals surface area contributed by atoms with Crippen LogP contribution in [0.5, 0.6) is 0 Å². The fourth-order valence-electron chi connectivity index (χ4n) is 4.52. The smallest absolute Gasteiger partial charge is 0.408 e. The molecule has 0 bridgehead atoms. The largest absolute Gasteiger partial charge is 0.445 e. The highest BCUT2D eigenvalue weighted by Crippen LogP contribution is 2.33. The van der Waals surface area contributed by atoms with Gasteiger partial charge in [-0.05, 0) is 22.3 Å². The molecule has 6 heteroatoms. The van der Waals surface area contributed by atoms with Crippen molar-refractivity contribution in [3.05, 3.63) is 167 Å². The standard InChI is InChI=1S/C33H28N3O3/c37-32(30(20-27-21-34-23-35-27)36-33(38)39-22-24-12-4-1-5-13-24)29-19-11-10-18-28(29)31(25-14-6-2-7-15-25)26-16-8-3-9-17-26/h1-19,21,23,30H,20,22H2,(H,34,35)(H,36,38)/t30-/m0/s1. The molecular formula is C33H28N3O3. The van der Waals surface area contributed by atoms with E-state index in [4.69, 9.17) is 4.74 Å². The second kappa shape index (κ2) is 12.5. The van der Waals surface area contributed by atoms with Gasteiger partial charge in [0.1, 0.15) is 12.6 Å². The van der Waals surface area contributed by atoms with Crippen molar-refractivity contribution in [2.75, 3.05) is 0 Å². The van der Waals surface area contributed by atoms with Crippen molar-refractivity contribution < 1.29 is 14.3 Å². The lowest BCUT2D eigenvalue weighted by molar-refractivity contribution is 0.0915. The predicted molar refractivity (Wildman–Crippen MR) is 150 cm³/mol. The molecule has 1 radical (unpaired) electrons. The van der Waals surface area contributed by atoms with Crippen LogP contribution in [0, 0.1) is 5.92 Å². The van der Waals surface area contributed by atoms with E-state index in [1.807, 2.05) is 109 Å². The van der Waals surface area contributed by atoms with Gasteiger partial charge in [-0.3, -0.25) is 4.79 Å². The summed E-state index contributed by atoms with van der Waals surface area (Å²) < 4.78 is 5.44. The Hall–Kier alpha value is -4.97. The average Bonchev–Trinajstić information content (AvgIpc) is 3.51. The summed E-state index contributed by atoms with van der Waals surface area (Å²) in [5.41, 5.74) is 4.78. The molecular weight excluding hydrogens is 486 g/mol. The van der Waals surface area contributed by atoms with Gasteiger partial charge in [0, 0.05) is 18.2 Å². The van der Waals surface area contributed by atoms with Gasteiger partial charge in [0.2, 0.25) is 0 Å². The minimum absolute atomic E-state index is 0.104. The number of carbonyl (C=O) groups is 2. The monoisotopic (exact) mass is 514 g/mol. The second-order valence-electron chi connectivity index (χ2n) is 9.04. The topological polar surface area (TPSA) is 84.1 Å². The van der Waals surface area contributed by atoms with Crippen LogP contribution in [0.2, 0.25) is 0 Å². The van der Waals surface area contributed by atoms with Gasteiger partial charge in [-0.2, -0.15) is 0 Å². The quantitative estimate of drug-likeness (QED) is 0.173. The first-order valence-corrected chi connectivity index (χ1v) is 12.8. The van der Waals surface area contributed by atoms with Crippen LogP contribution in [0.4, 0.5) is 4.79 Å². The van der Waals surface area contributed by atoms with Crippen LogP contribution in [-0.4, -0.2) is 27.9 Å². The summed E-state index contributed by atoms with van der Waals surface area (Å²) in [4.78, 5) is 34.2. The minimum Gasteiger partial charge on any atom is -0.445 e. The van der Waals surface area contributed by atoms with Crippen molar-refractivity contribution in [3.8, 4) is 0 Å². The van der Waals surface area contributed by atoms with Crippen molar-refractivity contribution in [2.24, 2.45) is 0 Å². The van der Waals surface area contributed by atoms with Gasteiger partial charge in [-0.25, -0.2) is 9.78 Å². The maximum atomic E-state index is 14.1. The van der Waals surface area contributed by atoms with Crippen LogP contribution in [-0.2, 0) is 17.8 Å². The summed E-state index contributed by atoms with van der Waals surface area (Å²) >= 11 is 0. The fraction of sp³-hybridized carbons (Fsp3) is 0.0909. The van der Waals surface area contributed by atoms with Crippen LogP contribution in [0.15, 0.2) is 128 Å². The van der Waals surface area contributed by atoms with Crippen LogP contribution in [0.25, 0.3) is 0 Å². The van der Waals surface area contributed by atoms with Gasteiger partial charge in [0.15, 0.2) is 5.78 Å². The molecule has 0 aliphatic rings. The fourth-order valence-corrected chi connectivity index (χ4v) is 4.52. The number of hydrogen-bond acceptors (Lipinski definition) is 4. The van der Waals surface area contributed by atoms with E-state index in [1.165, 1.54) is 0 Å². The van der Waals surface area contributed by atoms with Crippen molar-refractivity contribution in [2.45, 2.75) is 19.1 Å². The average molecular weight is 515 g/mol. The van der Waals surface area contributed by atoms with E-state index in [-0.39, 0.29) is 18.8 Å². The lowest BCUT2D eigenvalue weighted by atomic mass is 9.81. The zero-order valence-electron chi connectivity index (χ0n) is 21.3. The highest BCUT2D eigenvalue weighted by Gasteiger charge is 2.29. The number of imidazole rings is 1. The molecule has 6 nitrogen and oxygen atoms in total. The number of alkyl carbamates (subject to hydrolysis) is 1. The Kier molecular flexibility index (Phi) is 8.24. The van der Waals surface area contributed by atoms with E-state index in [1.54, 1.807) is 18.6 Å². The predicted octanol–water partition coefficient (Wildman–Crippen LogP) is 6.15. The van der Waals surface area contributed by atoms with Crippen molar-refractivity contribution in [3.63, 3.8) is 0 Å².